The van der Waals surface area contributed by atoms with Crippen molar-refractivity contribution >= 4 is 23.4 Å². The lowest BCUT2D eigenvalue weighted by Gasteiger charge is -2.11. The van der Waals surface area contributed by atoms with Crippen molar-refractivity contribution in [3.05, 3.63) is 65.2 Å². The summed E-state index contributed by atoms with van der Waals surface area (Å²) in [6.07, 6.45) is -0.354. The molecule has 1 atom stereocenters. The normalized spacial score (nSPS) is 12.3. The zero-order valence-corrected chi connectivity index (χ0v) is 12.7. The minimum Gasteiger partial charge on any atom is -0.391 e. The first-order chi connectivity index (χ1) is 9.74. The standard InChI is InChI=1S/C16H18ClNOS/c17-14-8-6-13(7-9-14)10-18-11-15(19)12-20-16-4-2-1-3-5-16/h1-9,15,18-19H,10-12H2. The maximum Gasteiger partial charge on any atom is 0.0758 e. The lowest BCUT2D eigenvalue weighted by Crippen LogP contribution is -2.28. The van der Waals surface area contributed by atoms with Crippen LogP contribution in [0.1, 0.15) is 5.56 Å². The monoisotopic (exact) mass is 307 g/mol. The van der Waals surface area contributed by atoms with Crippen LogP contribution in [-0.2, 0) is 6.54 Å². The third-order valence-corrected chi connectivity index (χ3v) is 4.22. The average Bonchev–Trinajstić information content (AvgIpc) is 2.48. The number of hydrogen-bond acceptors (Lipinski definition) is 3. The molecule has 2 aromatic carbocycles. The molecule has 2 N–H and O–H groups in total. The smallest absolute Gasteiger partial charge is 0.0758 e. The van der Waals surface area contributed by atoms with Gasteiger partial charge in [-0.1, -0.05) is 41.9 Å². The van der Waals surface area contributed by atoms with Crippen LogP contribution in [0.4, 0.5) is 0 Å². The van der Waals surface area contributed by atoms with Crippen molar-refractivity contribution < 1.29 is 5.11 Å². The molecule has 4 heteroatoms. The first-order valence-corrected chi connectivity index (χ1v) is 7.91. The Hall–Kier alpha value is -1.00. The summed E-state index contributed by atoms with van der Waals surface area (Å²) in [4.78, 5) is 1.18. The van der Waals surface area contributed by atoms with Gasteiger partial charge >= 0.3 is 0 Å². The maximum absolute atomic E-state index is 9.93. The van der Waals surface area contributed by atoms with Crippen LogP contribution in [0.25, 0.3) is 0 Å². The van der Waals surface area contributed by atoms with E-state index in [-0.39, 0.29) is 6.10 Å². The van der Waals surface area contributed by atoms with Crippen molar-refractivity contribution in [1.82, 2.24) is 5.32 Å². The molecule has 0 spiro atoms. The van der Waals surface area contributed by atoms with E-state index < -0.39 is 0 Å². The lowest BCUT2D eigenvalue weighted by atomic mass is 10.2. The van der Waals surface area contributed by atoms with Crippen LogP contribution in [0.2, 0.25) is 5.02 Å². The molecule has 2 nitrogen and oxygen atoms in total. The van der Waals surface area contributed by atoms with Gasteiger partial charge in [-0.2, -0.15) is 0 Å². The van der Waals surface area contributed by atoms with Crippen LogP contribution < -0.4 is 5.32 Å². The minimum atomic E-state index is -0.354. The van der Waals surface area contributed by atoms with Gasteiger partial charge in [0.2, 0.25) is 0 Å². The number of aliphatic hydroxyl groups is 1. The van der Waals surface area contributed by atoms with Gasteiger partial charge in [-0.3, -0.25) is 0 Å². The Morgan fingerprint density at radius 2 is 1.75 bits per heavy atom. The number of aliphatic hydroxyl groups excluding tert-OH is 1. The predicted molar refractivity (Wildman–Crippen MR) is 86.3 cm³/mol. The number of rotatable bonds is 7. The fourth-order valence-electron chi connectivity index (χ4n) is 1.75. The summed E-state index contributed by atoms with van der Waals surface area (Å²) < 4.78 is 0. The van der Waals surface area contributed by atoms with Crippen molar-refractivity contribution in [3.63, 3.8) is 0 Å². The second-order valence-corrected chi connectivity index (χ2v) is 6.07. The molecule has 0 aliphatic rings. The molecule has 2 rings (SSSR count). The van der Waals surface area contributed by atoms with Gasteiger partial charge in [-0.15, -0.1) is 11.8 Å². The summed E-state index contributed by atoms with van der Waals surface area (Å²) in [5.41, 5.74) is 1.16. The summed E-state index contributed by atoms with van der Waals surface area (Å²) >= 11 is 7.50. The molecule has 0 aliphatic carbocycles. The van der Waals surface area contributed by atoms with Crippen LogP contribution in [0.15, 0.2) is 59.5 Å². The van der Waals surface area contributed by atoms with Crippen LogP contribution in [0.3, 0.4) is 0 Å². The first-order valence-electron chi connectivity index (χ1n) is 6.55. The quantitative estimate of drug-likeness (QED) is 0.767. The van der Waals surface area contributed by atoms with Crippen LogP contribution in [0.5, 0.6) is 0 Å². The van der Waals surface area contributed by atoms with Gasteiger partial charge < -0.3 is 10.4 Å². The van der Waals surface area contributed by atoms with Gasteiger partial charge in [-0.05, 0) is 29.8 Å². The largest absolute Gasteiger partial charge is 0.391 e. The van der Waals surface area contributed by atoms with Gasteiger partial charge in [0, 0.05) is 28.8 Å². The van der Waals surface area contributed by atoms with Crippen molar-refractivity contribution in [2.75, 3.05) is 12.3 Å². The van der Waals surface area contributed by atoms with E-state index in [1.54, 1.807) is 11.8 Å². The highest BCUT2D eigenvalue weighted by Crippen LogP contribution is 2.17. The van der Waals surface area contributed by atoms with Gasteiger partial charge in [0.15, 0.2) is 0 Å². The molecule has 0 saturated heterocycles. The highest BCUT2D eigenvalue weighted by Gasteiger charge is 2.04. The highest BCUT2D eigenvalue weighted by molar-refractivity contribution is 7.99. The van der Waals surface area contributed by atoms with E-state index in [4.69, 9.17) is 11.6 Å². The minimum absolute atomic E-state index is 0.354. The number of hydrogen-bond donors (Lipinski definition) is 2. The molecule has 0 bridgehead atoms. The summed E-state index contributed by atoms with van der Waals surface area (Å²) in [6.45, 7) is 1.33. The summed E-state index contributed by atoms with van der Waals surface area (Å²) in [5, 5.41) is 13.9. The molecule has 0 heterocycles. The second kappa shape index (κ2) is 8.32. The van der Waals surface area contributed by atoms with Crippen molar-refractivity contribution in [2.45, 2.75) is 17.5 Å². The predicted octanol–water partition coefficient (Wildman–Crippen LogP) is 3.58. The lowest BCUT2D eigenvalue weighted by molar-refractivity contribution is 0.195. The molecule has 0 aliphatic heterocycles. The van der Waals surface area contributed by atoms with Crippen LogP contribution >= 0.6 is 23.4 Å². The number of benzene rings is 2. The van der Waals surface area contributed by atoms with E-state index in [0.717, 1.165) is 17.1 Å². The van der Waals surface area contributed by atoms with E-state index in [0.29, 0.717) is 12.3 Å². The van der Waals surface area contributed by atoms with E-state index in [2.05, 4.69) is 17.4 Å². The number of halogens is 1. The Kier molecular flexibility index (Phi) is 6.40. The van der Waals surface area contributed by atoms with Crippen molar-refractivity contribution in [1.29, 1.82) is 0 Å². The van der Waals surface area contributed by atoms with Gasteiger partial charge in [-0.25, -0.2) is 0 Å². The molecule has 2 aromatic rings. The SMILES string of the molecule is OC(CNCc1ccc(Cl)cc1)CSc1ccccc1. The first kappa shape index (κ1) is 15.4. The van der Waals surface area contributed by atoms with E-state index in [1.165, 1.54) is 4.90 Å². The van der Waals surface area contributed by atoms with Crippen molar-refractivity contribution in [3.8, 4) is 0 Å². The number of thioether (sulfide) groups is 1. The molecule has 0 amide bonds. The Labute approximate surface area is 129 Å². The summed E-state index contributed by atoms with van der Waals surface area (Å²) in [6, 6.07) is 17.8. The maximum atomic E-state index is 9.93. The zero-order chi connectivity index (χ0) is 14.2. The summed E-state index contributed by atoms with van der Waals surface area (Å²) in [5.74, 6) is 0.692. The van der Waals surface area contributed by atoms with Gasteiger partial charge in [0.1, 0.15) is 0 Å². The van der Waals surface area contributed by atoms with Crippen LogP contribution in [-0.4, -0.2) is 23.5 Å². The van der Waals surface area contributed by atoms with Gasteiger partial charge in [0.05, 0.1) is 6.10 Å². The highest BCUT2D eigenvalue weighted by atomic mass is 35.5. The van der Waals surface area contributed by atoms with E-state index in [9.17, 15) is 5.11 Å². The Morgan fingerprint density at radius 3 is 2.45 bits per heavy atom. The fourth-order valence-corrected chi connectivity index (χ4v) is 2.73. The third-order valence-electron chi connectivity index (χ3n) is 2.81. The van der Waals surface area contributed by atoms with Crippen LogP contribution in [0, 0.1) is 0 Å². The third kappa shape index (κ3) is 5.55. The molecule has 20 heavy (non-hydrogen) atoms. The molecule has 106 valence electrons. The molecular formula is C16H18ClNOS. The molecular weight excluding hydrogens is 290 g/mol. The fraction of sp³-hybridized carbons (Fsp3) is 0.250. The molecule has 0 aromatic heterocycles. The Balaban J connectivity index is 1.65. The van der Waals surface area contributed by atoms with E-state index >= 15 is 0 Å². The Bertz CT molecular complexity index is 504. The Morgan fingerprint density at radius 1 is 1.05 bits per heavy atom. The van der Waals surface area contributed by atoms with Crippen molar-refractivity contribution in [2.24, 2.45) is 0 Å². The summed E-state index contributed by atoms with van der Waals surface area (Å²) in [7, 11) is 0. The zero-order valence-electron chi connectivity index (χ0n) is 11.1. The second-order valence-electron chi connectivity index (χ2n) is 4.54. The molecule has 0 radical (unpaired) electrons. The number of nitrogens with one attached hydrogen (secondary N) is 1. The van der Waals surface area contributed by atoms with E-state index in [1.807, 2.05) is 42.5 Å². The molecule has 0 fully saturated rings. The molecule has 1 unspecified atom stereocenters. The topological polar surface area (TPSA) is 32.3 Å². The average molecular weight is 308 g/mol. The van der Waals surface area contributed by atoms with Gasteiger partial charge in [0.25, 0.3) is 0 Å². The molecule has 0 saturated carbocycles.